The average molecular weight is 280 g/mol. The molecule has 0 bridgehead atoms. The van der Waals surface area contributed by atoms with Gasteiger partial charge in [-0.2, -0.15) is 8.42 Å². The zero-order valence-electron chi connectivity index (χ0n) is 9.03. The fourth-order valence-electron chi connectivity index (χ4n) is 1.23. The first-order chi connectivity index (χ1) is 7.74. The average Bonchev–Trinajstić information content (AvgIpc) is 2.15. The van der Waals surface area contributed by atoms with Gasteiger partial charge in [0.25, 0.3) is 10.1 Å². The van der Waals surface area contributed by atoms with Gasteiger partial charge in [-0.1, -0.05) is 12.1 Å². The lowest BCUT2D eigenvalue weighted by atomic mass is 10.2. The predicted octanol–water partition coefficient (Wildman–Crippen LogP) is 0.452. The standard InChI is InChI=1S/C9H12O6S2/c1-15-7-16(10,11)9-4-2-8(3-5-9)6-17(12,13)14/h2-5H,6-7H2,1H3,(H,12,13,14). The van der Waals surface area contributed by atoms with Crippen molar-refractivity contribution < 1.29 is 26.1 Å². The van der Waals surface area contributed by atoms with Crippen LogP contribution in [0.25, 0.3) is 0 Å². The summed E-state index contributed by atoms with van der Waals surface area (Å²) in [6, 6.07) is 5.20. The SMILES string of the molecule is COCS(=O)(=O)c1ccc(CS(=O)(=O)O)cc1. The van der Waals surface area contributed by atoms with E-state index >= 15 is 0 Å². The summed E-state index contributed by atoms with van der Waals surface area (Å²) < 4.78 is 57.4. The van der Waals surface area contributed by atoms with Crippen LogP contribution in [0.4, 0.5) is 0 Å². The smallest absolute Gasteiger partial charge is 0.269 e. The van der Waals surface area contributed by atoms with Crippen LogP contribution in [-0.2, 0) is 30.4 Å². The molecule has 0 saturated carbocycles. The molecule has 17 heavy (non-hydrogen) atoms. The van der Waals surface area contributed by atoms with E-state index < -0.39 is 31.6 Å². The maximum Gasteiger partial charge on any atom is 0.269 e. The Morgan fingerprint density at radius 3 is 2.06 bits per heavy atom. The zero-order chi connectivity index (χ0) is 13.1. The molecule has 8 heteroatoms. The normalized spacial score (nSPS) is 12.6. The first kappa shape index (κ1) is 14.1. The molecule has 1 N–H and O–H groups in total. The van der Waals surface area contributed by atoms with Crippen molar-refractivity contribution in [2.45, 2.75) is 10.6 Å². The Morgan fingerprint density at radius 2 is 1.65 bits per heavy atom. The minimum absolute atomic E-state index is 0.0402. The molecule has 0 aliphatic heterocycles. The molecular formula is C9H12O6S2. The molecule has 0 unspecified atom stereocenters. The van der Waals surface area contributed by atoms with Crippen LogP contribution in [-0.4, -0.2) is 34.4 Å². The van der Waals surface area contributed by atoms with Crippen LogP contribution in [0.15, 0.2) is 29.2 Å². The van der Waals surface area contributed by atoms with Crippen molar-refractivity contribution in [3.05, 3.63) is 29.8 Å². The highest BCUT2D eigenvalue weighted by atomic mass is 32.2. The van der Waals surface area contributed by atoms with E-state index in [0.29, 0.717) is 5.56 Å². The Balaban J connectivity index is 2.97. The van der Waals surface area contributed by atoms with E-state index in [1.165, 1.54) is 31.4 Å². The summed E-state index contributed by atoms with van der Waals surface area (Å²) in [6.07, 6.45) is 0. The number of hydrogen-bond acceptors (Lipinski definition) is 5. The molecule has 0 aromatic heterocycles. The van der Waals surface area contributed by atoms with Crippen LogP contribution >= 0.6 is 0 Å². The van der Waals surface area contributed by atoms with Crippen molar-refractivity contribution in [1.82, 2.24) is 0 Å². The molecule has 0 spiro atoms. The third kappa shape index (κ3) is 4.43. The Kier molecular flexibility index (Phi) is 4.26. The Labute approximate surface area is 99.9 Å². The van der Waals surface area contributed by atoms with E-state index in [0.717, 1.165) is 0 Å². The van der Waals surface area contributed by atoms with Gasteiger partial charge < -0.3 is 4.74 Å². The predicted molar refractivity (Wildman–Crippen MR) is 60.8 cm³/mol. The summed E-state index contributed by atoms with van der Waals surface area (Å²) in [4.78, 5) is 0.0402. The van der Waals surface area contributed by atoms with Crippen molar-refractivity contribution >= 4 is 20.0 Å². The fraction of sp³-hybridized carbons (Fsp3) is 0.333. The molecule has 0 aliphatic carbocycles. The second-order valence-corrected chi connectivity index (χ2v) is 6.78. The topological polar surface area (TPSA) is 97.7 Å². The number of rotatable bonds is 5. The second-order valence-electron chi connectivity index (χ2n) is 3.39. The van der Waals surface area contributed by atoms with Gasteiger partial charge in [0, 0.05) is 7.11 Å². The van der Waals surface area contributed by atoms with Gasteiger partial charge in [0.15, 0.2) is 5.94 Å². The summed E-state index contributed by atoms with van der Waals surface area (Å²) in [5.41, 5.74) is 0.309. The lowest BCUT2D eigenvalue weighted by molar-refractivity contribution is 0.250. The summed E-state index contributed by atoms with van der Waals surface area (Å²) in [5, 5.41) is 0. The first-order valence-electron chi connectivity index (χ1n) is 4.50. The molecule has 1 aromatic carbocycles. The van der Waals surface area contributed by atoms with E-state index in [4.69, 9.17) is 4.55 Å². The maximum absolute atomic E-state index is 11.5. The van der Waals surface area contributed by atoms with Gasteiger partial charge in [0.2, 0.25) is 9.84 Å². The summed E-state index contributed by atoms with van der Waals surface area (Å²) in [5.74, 6) is -0.984. The highest BCUT2D eigenvalue weighted by Gasteiger charge is 2.14. The van der Waals surface area contributed by atoms with Crippen LogP contribution < -0.4 is 0 Å². The third-order valence-electron chi connectivity index (χ3n) is 1.90. The van der Waals surface area contributed by atoms with Crippen LogP contribution in [0.5, 0.6) is 0 Å². The molecule has 0 radical (unpaired) electrons. The largest absolute Gasteiger partial charge is 0.368 e. The molecule has 6 nitrogen and oxygen atoms in total. The minimum atomic E-state index is -4.11. The minimum Gasteiger partial charge on any atom is -0.368 e. The fourth-order valence-corrected chi connectivity index (χ4v) is 2.84. The van der Waals surface area contributed by atoms with Gasteiger partial charge >= 0.3 is 0 Å². The molecule has 1 rings (SSSR count). The summed E-state index contributed by atoms with van der Waals surface area (Å²) >= 11 is 0. The molecule has 0 heterocycles. The van der Waals surface area contributed by atoms with Crippen molar-refractivity contribution in [2.24, 2.45) is 0 Å². The lowest BCUT2D eigenvalue weighted by Gasteiger charge is -2.04. The number of sulfone groups is 1. The van der Waals surface area contributed by atoms with Crippen LogP contribution in [0.1, 0.15) is 5.56 Å². The molecule has 0 fully saturated rings. The molecule has 96 valence electrons. The quantitative estimate of drug-likeness (QED) is 0.786. The Bertz CT molecular complexity index is 570. The van der Waals surface area contributed by atoms with Gasteiger partial charge in [-0.25, -0.2) is 8.42 Å². The van der Waals surface area contributed by atoms with Crippen molar-refractivity contribution in [3.63, 3.8) is 0 Å². The number of hydrogen-bond donors (Lipinski definition) is 1. The Morgan fingerprint density at radius 1 is 1.12 bits per heavy atom. The molecule has 0 saturated heterocycles. The van der Waals surface area contributed by atoms with Crippen molar-refractivity contribution in [3.8, 4) is 0 Å². The number of methoxy groups -OCH3 is 1. The van der Waals surface area contributed by atoms with E-state index in [1.54, 1.807) is 0 Å². The number of ether oxygens (including phenoxy) is 1. The van der Waals surface area contributed by atoms with Crippen molar-refractivity contribution in [2.75, 3.05) is 13.0 Å². The lowest BCUT2D eigenvalue weighted by Crippen LogP contribution is -2.08. The highest BCUT2D eigenvalue weighted by molar-refractivity contribution is 7.91. The summed E-state index contributed by atoms with van der Waals surface area (Å²) in [6.45, 7) is 0. The maximum atomic E-state index is 11.5. The van der Waals surface area contributed by atoms with Crippen LogP contribution in [0.2, 0.25) is 0 Å². The van der Waals surface area contributed by atoms with Crippen molar-refractivity contribution in [1.29, 1.82) is 0 Å². The molecule has 0 amide bonds. The second kappa shape index (κ2) is 5.13. The van der Waals surface area contributed by atoms with Gasteiger partial charge in [0.05, 0.1) is 4.90 Å². The van der Waals surface area contributed by atoms with Gasteiger partial charge in [-0.3, -0.25) is 4.55 Å². The Hall–Kier alpha value is -0.960. The third-order valence-corrected chi connectivity index (χ3v) is 4.14. The highest BCUT2D eigenvalue weighted by Crippen LogP contribution is 2.13. The number of benzene rings is 1. The molecule has 0 aliphatic rings. The zero-order valence-corrected chi connectivity index (χ0v) is 10.7. The van der Waals surface area contributed by atoms with Gasteiger partial charge in [-0.15, -0.1) is 0 Å². The summed E-state index contributed by atoms with van der Waals surface area (Å²) in [7, 11) is -6.35. The van der Waals surface area contributed by atoms with Crippen LogP contribution in [0.3, 0.4) is 0 Å². The molecule has 0 atom stereocenters. The van der Waals surface area contributed by atoms with E-state index in [2.05, 4.69) is 4.74 Å². The van der Waals surface area contributed by atoms with E-state index in [1.807, 2.05) is 0 Å². The molecular weight excluding hydrogens is 268 g/mol. The monoisotopic (exact) mass is 280 g/mol. The van der Waals surface area contributed by atoms with E-state index in [9.17, 15) is 16.8 Å². The molecule has 1 aromatic rings. The van der Waals surface area contributed by atoms with Crippen LogP contribution in [0, 0.1) is 0 Å². The first-order valence-corrected chi connectivity index (χ1v) is 7.76. The van der Waals surface area contributed by atoms with Gasteiger partial charge in [-0.05, 0) is 17.7 Å². The van der Waals surface area contributed by atoms with Gasteiger partial charge in [0.1, 0.15) is 5.75 Å². The van der Waals surface area contributed by atoms with E-state index in [-0.39, 0.29) is 4.90 Å².